The van der Waals surface area contributed by atoms with Crippen LogP contribution in [-0.4, -0.2) is 46.5 Å². The van der Waals surface area contributed by atoms with E-state index < -0.39 is 0 Å². The molecule has 0 bridgehead atoms. The molecule has 2 aliphatic rings. The summed E-state index contributed by atoms with van der Waals surface area (Å²) < 4.78 is 2.44. The number of likely N-dealkylation sites (N-methyl/N-ethyl adjacent to an activating group) is 1. The quantitative estimate of drug-likeness (QED) is 0.485. The van der Waals surface area contributed by atoms with E-state index in [1.165, 1.54) is 27.6 Å². The van der Waals surface area contributed by atoms with Crippen molar-refractivity contribution in [1.82, 2.24) is 19.8 Å². The predicted octanol–water partition coefficient (Wildman–Crippen LogP) is 5.45. The summed E-state index contributed by atoms with van der Waals surface area (Å²) in [4.78, 5) is 19.9. The van der Waals surface area contributed by atoms with Gasteiger partial charge in [-0.3, -0.25) is 9.78 Å². The van der Waals surface area contributed by atoms with Gasteiger partial charge in [0.15, 0.2) is 0 Å². The Morgan fingerprint density at radius 2 is 2.06 bits per heavy atom. The van der Waals surface area contributed by atoms with Crippen molar-refractivity contribution in [3.05, 3.63) is 65.6 Å². The van der Waals surface area contributed by atoms with Gasteiger partial charge in [-0.2, -0.15) is 0 Å². The number of rotatable bonds is 6. The van der Waals surface area contributed by atoms with E-state index in [0.29, 0.717) is 17.9 Å². The monoisotopic (exact) mass is 472 g/mol. The van der Waals surface area contributed by atoms with Crippen molar-refractivity contribution in [3.63, 3.8) is 0 Å². The summed E-state index contributed by atoms with van der Waals surface area (Å²) in [6.07, 6.45) is 10.2. The highest BCUT2D eigenvalue weighted by atomic mass is 16.1. The first-order valence-corrected chi connectivity index (χ1v) is 13.2. The second-order valence-corrected chi connectivity index (χ2v) is 11.8. The molecule has 1 aliphatic heterocycles. The molecule has 3 aromatic rings. The molecule has 1 N–H and O–H groups in total. The Kier molecular flexibility index (Phi) is 6.47. The van der Waals surface area contributed by atoms with Gasteiger partial charge < -0.3 is 14.8 Å². The molecule has 5 nitrogen and oxygen atoms in total. The zero-order valence-corrected chi connectivity index (χ0v) is 21.9. The summed E-state index contributed by atoms with van der Waals surface area (Å²) in [5.74, 6) is 1.12. The van der Waals surface area contributed by atoms with Gasteiger partial charge in [-0.15, -0.1) is 0 Å². The number of amides is 1. The lowest BCUT2D eigenvalue weighted by atomic mass is 9.72. The number of benzene rings is 1. The van der Waals surface area contributed by atoms with Gasteiger partial charge in [0.05, 0.1) is 5.92 Å². The number of aromatic nitrogens is 2. The third kappa shape index (κ3) is 4.63. The highest BCUT2D eigenvalue weighted by Gasteiger charge is 2.42. The number of nitrogens with one attached hydrogen (secondary N) is 1. The Morgan fingerprint density at radius 1 is 1.23 bits per heavy atom. The average Bonchev–Trinajstić information content (AvgIpc) is 3.23. The summed E-state index contributed by atoms with van der Waals surface area (Å²) in [6.45, 7) is 10.6. The SMILES string of the molecule is CC(CCCNC(=O)[C@@H]1CC2c3cccc4c3c(cn4C(C)(C)C)C[C@H]2N(C)C1)c1cccnc1. The fourth-order valence-electron chi connectivity index (χ4n) is 6.39. The number of carbonyl (C=O) groups is 1. The molecule has 35 heavy (non-hydrogen) atoms. The van der Waals surface area contributed by atoms with Crippen LogP contribution in [0.2, 0.25) is 0 Å². The number of likely N-dealkylation sites (tertiary alicyclic amines) is 1. The predicted molar refractivity (Wildman–Crippen MR) is 143 cm³/mol. The van der Waals surface area contributed by atoms with Crippen LogP contribution in [0.3, 0.4) is 0 Å². The second-order valence-electron chi connectivity index (χ2n) is 11.8. The molecule has 0 saturated carbocycles. The molecule has 1 fully saturated rings. The van der Waals surface area contributed by atoms with E-state index in [1.54, 1.807) is 0 Å². The highest BCUT2D eigenvalue weighted by molar-refractivity contribution is 5.89. The number of hydrogen-bond donors (Lipinski definition) is 1. The number of piperidine rings is 1. The van der Waals surface area contributed by atoms with Gasteiger partial charge in [0.1, 0.15) is 0 Å². The lowest BCUT2D eigenvalue weighted by molar-refractivity contribution is -0.127. The largest absolute Gasteiger partial charge is 0.356 e. The van der Waals surface area contributed by atoms with Crippen molar-refractivity contribution in [2.45, 2.75) is 76.8 Å². The van der Waals surface area contributed by atoms with Crippen LogP contribution in [0.5, 0.6) is 0 Å². The highest BCUT2D eigenvalue weighted by Crippen LogP contribution is 2.45. The molecular weight excluding hydrogens is 432 g/mol. The molecule has 1 aliphatic carbocycles. The molecule has 0 radical (unpaired) electrons. The summed E-state index contributed by atoms with van der Waals surface area (Å²) in [7, 11) is 2.21. The lowest BCUT2D eigenvalue weighted by Gasteiger charge is -2.45. The Labute approximate surface area is 209 Å². The van der Waals surface area contributed by atoms with Crippen molar-refractivity contribution >= 4 is 16.8 Å². The van der Waals surface area contributed by atoms with Crippen LogP contribution >= 0.6 is 0 Å². The molecule has 2 aromatic heterocycles. The van der Waals surface area contributed by atoms with E-state index >= 15 is 0 Å². The van der Waals surface area contributed by atoms with Gasteiger partial charge >= 0.3 is 0 Å². The molecule has 1 saturated heterocycles. The Hall–Kier alpha value is -2.66. The van der Waals surface area contributed by atoms with Crippen LogP contribution < -0.4 is 5.32 Å². The number of hydrogen-bond acceptors (Lipinski definition) is 3. The van der Waals surface area contributed by atoms with Crippen molar-refractivity contribution in [3.8, 4) is 0 Å². The van der Waals surface area contributed by atoms with Crippen molar-refractivity contribution < 1.29 is 4.79 Å². The normalized spacial score (nSPS) is 23.2. The van der Waals surface area contributed by atoms with E-state index in [1.807, 2.05) is 18.5 Å². The molecule has 4 atom stereocenters. The zero-order chi connectivity index (χ0) is 24.7. The number of pyridine rings is 1. The van der Waals surface area contributed by atoms with E-state index in [2.05, 4.69) is 85.0 Å². The van der Waals surface area contributed by atoms with Gasteiger partial charge in [-0.25, -0.2) is 0 Å². The summed E-state index contributed by atoms with van der Waals surface area (Å²) in [5.41, 5.74) is 5.55. The third-order valence-corrected chi connectivity index (χ3v) is 8.31. The summed E-state index contributed by atoms with van der Waals surface area (Å²) >= 11 is 0. The number of fused-ring (bicyclic) bond motifs is 2. The van der Waals surface area contributed by atoms with Crippen LogP contribution in [0.4, 0.5) is 0 Å². The van der Waals surface area contributed by atoms with Gasteiger partial charge in [0.25, 0.3) is 0 Å². The maximum atomic E-state index is 13.2. The van der Waals surface area contributed by atoms with E-state index in [9.17, 15) is 4.79 Å². The first-order chi connectivity index (χ1) is 16.7. The van der Waals surface area contributed by atoms with E-state index in [-0.39, 0.29) is 17.4 Å². The number of carbonyl (C=O) groups excluding carboxylic acids is 1. The molecule has 1 amide bonds. The molecule has 3 heterocycles. The Morgan fingerprint density at radius 3 is 2.80 bits per heavy atom. The van der Waals surface area contributed by atoms with Gasteiger partial charge in [0.2, 0.25) is 5.91 Å². The molecule has 186 valence electrons. The van der Waals surface area contributed by atoms with Crippen molar-refractivity contribution in [1.29, 1.82) is 0 Å². The van der Waals surface area contributed by atoms with Crippen molar-refractivity contribution in [2.24, 2.45) is 5.92 Å². The van der Waals surface area contributed by atoms with Crippen LogP contribution in [0, 0.1) is 5.92 Å². The van der Waals surface area contributed by atoms with Gasteiger partial charge in [-0.1, -0.05) is 25.1 Å². The smallest absolute Gasteiger partial charge is 0.224 e. The second kappa shape index (κ2) is 9.42. The minimum absolute atomic E-state index is 0.0403. The zero-order valence-electron chi connectivity index (χ0n) is 21.9. The minimum Gasteiger partial charge on any atom is -0.356 e. The molecule has 5 heteroatoms. The molecule has 5 rings (SSSR count). The molecular formula is C30H40N4O. The van der Waals surface area contributed by atoms with Crippen LogP contribution in [0.1, 0.15) is 75.5 Å². The maximum Gasteiger partial charge on any atom is 0.224 e. The van der Waals surface area contributed by atoms with Crippen LogP contribution in [0.15, 0.2) is 48.9 Å². The average molecular weight is 473 g/mol. The first-order valence-electron chi connectivity index (χ1n) is 13.2. The van der Waals surface area contributed by atoms with Crippen molar-refractivity contribution in [2.75, 3.05) is 20.1 Å². The summed E-state index contributed by atoms with van der Waals surface area (Å²) in [6, 6.07) is 11.4. The van der Waals surface area contributed by atoms with Crippen LogP contribution in [0.25, 0.3) is 10.9 Å². The molecule has 2 unspecified atom stereocenters. The van der Waals surface area contributed by atoms with Gasteiger partial charge in [-0.05, 0) is 88.2 Å². The third-order valence-electron chi connectivity index (χ3n) is 8.31. The van der Waals surface area contributed by atoms with E-state index in [4.69, 9.17) is 0 Å². The first kappa shape index (κ1) is 24.1. The fourth-order valence-corrected chi connectivity index (χ4v) is 6.39. The Balaban J connectivity index is 1.26. The van der Waals surface area contributed by atoms with Crippen LogP contribution in [-0.2, 0) is 16.8 Å². The van der Waals surface area contributed by atoms with E-state index in [0.717, 1.165) is 38.8 Å². The Bertz CT molecular complexity index is 1190. The fraction of sp³-hybridized carbons (Fsp3) is 0.533. The molecule has 1 aromatic carbocycles. The minimum atomic E-state index is 0.0403. The summed E-state index contributed by atoms with van der Waals surface area (Å²) in [5, 5.41) is 4.69. The lowest BCUT2D eigenvalue weighted by Crippen LogP contribution is -2.51. The van der Waals surface area contributed by atoms with Gasteiger partial charge in [0, 0.05) is 60.1 Å². The maximum absolute atomic E-state index is 13.2. The standard InChI is InChI=1S/C30H40N4O/c1-20(21-10-8-13-31-17-21)9-7-14-32-29(35)23-15-25-24-11-6-12-26-28(24)22(16-27(25)33(5)18-23)19-34(26)30(2,3)4/h6,8,10-13,17,19-20,23,25,27H,7,9,14-16,18H2,1-5H3,(H,32,35)/t20?,23-,25?,27-/m1/s1. The topological polar surface area (TPSA) is 50.2 Å². The molecule has 0 spiro atoms. The number of nitrogens with zero attached hydrogens (tertiary/aromatic N) is 3.